The van der Waals surface area contributed by atoms with E-state index in [1.807, 2.05) is 39.0 Å². The molecule has 2 nitrogen and oxygen atoms in total. The van der Waals surface area contributed by atoms with Crippen LogP contribution in [0.2, 0.25) is 10.0 Å². The first-order valence-electron chi connectivity index (χ1n) is 6.25. The Bertz CT molecular complexity index is 781. The molecule has 1 N–H and O–H groups in total. The summed E-state index contributed by atoms with van der Waals surface area (Å²) in [5.41, 5.74) is 3.04. The molecular weight excluding hydrogens is 291 g/mol. The number of nitrogens with zero attached hydrogens (tertiary/aromatic N) is 1. The van der Waals surface area contributed by atoms with Gasteiger partial charge in [-0.25, -0.2) is 4.98 Å². The van der Waals surface area contributed by atoms with E-state index in [1.165, 1.54) is 0 Å². The van der Waals surface area contributed by atoms with Crippen LogP contribution < -0.4 is 10.7 Å². The van der Waals surface area contributed by atoms with E-state index in [4.69, 9.17) is 23.2 Å². The number of hydrogen-bond acceptors (Lipinski definition) is 1. The molecule has 20 heavy (non-hydrogen) atoms. The zero-order chi connectivity index (χ0) is 14.9. The predicted octanol–water partition coefficient (Wildman–Crippen LogP) is 3.71. The average molecular weight is 307 g/mol. The van der Waals surface area contributed by atoms with Crippen molar-refractivity contribution in [3.8, 4) is 0 Å². The minimum Gasteiger partial charge on any atom is -0.343 e. The van der Waals surface area contributed by atoms with E-state index in [0.29, 0.717) is 10.0 Å². The molecule has 0 atom stereocenters. The Morgan fingerprint density at radius 2 is 2.00 bits per heavy atom. The first-order valence-corrected chi connectivity index (χ1v) is 7.01. The Morgan fingerprint density at radius 1 is 1.30 bits per heavy atom. The summed E-state index contributed by atoms with van der Waals surface area (Å²) in [6, 6.07) is 5.62. The normalized spacial score (nSPS) is 11.8. The SMILES string of the molecule is C=c1[nH]c(C)n/c1=C/C(=C(C)C)c1cccc(Cl)c1Cl. The van der Waals surface area contributed by atoms with Crippen LogP contribution in [-0.4, -0.2) is 9.97 Å². The maximum atomic E-state index is 6.31. The van der Waals surface area contributed by atoms with Gasteiger partial charge < -0.3 is 4.98 Å². The second-order valence-corrected chi connectivity index (χ2v) is 5.63. The molecule has 0 aliphatic carbocycles. The van der Waals surface area contributed by atoms with Crippen LogP contribution in [0.25, 0.3) is 18.2 Å². The number of H-pyrrole nitrogens is 1. The molecule has 1 aromatic carbocycles. The molecule has 0 fully saturated rings. The number of aryl methyl sites for hydroxylation is 1. The molecule has 0 bridgehead atoms. The molecule has 0 amide bonds. The Hall–Kier alpha value is -1.51. The van der Waals surface area contributed by atoms with Gasteiger partial charge in [0.15, 0.2) is 0 Å². The molecule has 1 aromatic heterocycles. The fourth-order valence-electron chi connectivity index (χ4n) is 2.02. The van der Waals surface area contributed by atoms with E-state index in [2.05, 4.69) is 16.5 Å². The van der Waals surface area contributed by atoms with Gasteiger partial charge in [0, 0.05) is 5.56 Å². The lowest BCUT2D eigenvalue weighted by molar-refractivity contribution is 1.13. The van der Waals surface area contributed by atoms with Gasteiger partial charge in [0.1, 0.15) is 5.82 Å². The quantitative estimate of drug-likeness (QED) is 0.900. The zero-order valence-electron chi connectivity index (χ0n) is 11.7. The van der Waals surface area contributed by atoms with Crippen molar-refractivity contribution in [1.82, 2.24) is 9.97 Å². The summed E-state index contributed by atoms with van der Waals surface area (Å²) in [5, 5.41) is 2.71. The van der Waals surface area contributed by atoms with Gasteiger partial charge in [0.25, 0.3) is 0 Å². The van der Waals surface area contributed by atoms with Crippen molar-refractivity contribution in [2.75, 3.05) is 0 Å². The van der Waals surface area contributed by atoms with Crippen LogP contribution in [0.1, 0.15) is 25.2 Å². The lowest BCUT2D eigenvalue weighted by Crippen LogP contribution is -2.22. The van der Waals surface area contributed by atoms with Gasteiger partial charge in [-0.15, -0.1) is 0 Å². The van der Waals surface area contributed by atoms with Crippen LogP contribution in [-0.2, 0) is 0 Å². The number of hydrogen-bond donors (Lipinski definition) is 1. The number of nitrogens with one attached hydrogen (secondary N) is 1. The Balaban J connectivity index is 2.70. The van der Waals surface area contributed by atoms with Gasteiger partial charge in [-0.2, -0.15) is 0 Å². The molecule has 0 unspecified atom stereocenters. The minimum absolute atomic E-state index is 0.546. The number of aromatic amines is 1. The van der Waals surface area contributed by atoms with Crippen LogP contribution in [0.5, 0.6) is 0 Å². The number of rotatable bonds is 2. The highest BCUT2D eigenvalue weighted by molar-refractivity contribution is 6.43. The highest BCUT2D eigenvalue weighted by atomic mass is 35.5. The standard InChI is InChI=1S/C16H16Cl2N2/c1-9(2)13(8-15-10(3)19-11(4)20-15)12-6-5-7-14(17)16(12)18/h5-8H,3H2,1-2,4H3,(H,19,20)/b15-8+. The van der Waals surface area contributed by atoms with Crippen molar-refractivity contribution in [2.45, 2.75) is 20.8 Å². The lowest BCUT2D eigenvalue weighted by atomic mass is 10.0. The molecule has 0 aliphatic rings. The van der Waals surface area contributed by atoms with Crippen molar-refractivity contribution in [2.24, 2.45) is 0 Å². The maximum Gasteiger partial charge on any atom is 0.104 e. The van der Waals surface area contributed by atoms with Crippen LogP contribution in [0, 0.1) is 6.92 Å². The molecule has 2 rings (SSSR count). The molecule has 0 aliphatic heterocycles. The monoisotopic (exact) mass is 306 g/mol. The maximum absolute atomic E-state index is 6.31. The van der Waals surface area contributed by atoms with Crippen molar-refractivity contribution in [3.63, 3.8) is 0 Å². The average Bonchev–Trinajstić information content (AvgIpc) is 2.68. The molecule has 0 saturated carbocycles. The number of halogens is 2. The Morgan fingerprint density at radius 3 is 2.55 bits per heavy atom. The second kappa shape index (κ2) is 5.86. The highest BCUT2D eigenvalue weighted by Crippen LogP contribution is 2.32. The van der Waals surface area contributed by atoms with Gasteiger partial charge in [-0.1, -0.05) is 47.5 Å². The molecular formula is C16H16Cl2N2. The van der Waals surface area contributed by atoms with E-state index in [0.717, 1.165) is 33.2 Å². The van der Waals surface area contributed by atoms with Gasteiger partial charge in [0.05, 0.1) is 20.7 Å². The summed E-state index contributed by atoms with van der Waals surface area (Å²) in [6.45, 7) is 9.93. The van der Waals surface area contributed by atoms with Crippen molar-refractivity contribution in [1.29, 1.82) is 0 Å². The molecule has 0 spiro atoms. The summed E-state index contributed by atoms with van der Waals surface area (Å²) < 4.78 is 0. The molecule has 0 radical (unpaired) electrons. The van der Waals surface area contributed by atoms with Gasteiger partial charge in [-0.3, -0.25) is 0 Å². The third kappa shape index (κ3) is 2.97. The highest BCUT2D eigenvalue weighted by Gasteiger charge is 2.09. The van der Waals surface area contributed by atoms with Crippen LogP contribution in [0.15, 0.2) is 23.8 Å². The van der Waals surface area contributed by atoms with Crippen molar-refractivity contribution >= 4 is 41.4 Å². The van der Waals surface area contributed by atoms with E-state index in [1.54, 1.807) is 6.07 Å². The number of imidazole rings is 1. The third-order valence-electron chi connectivity index (χ3n) is 2.99. The van der Waals surface area contributed by atoms with E-state index < -0.39 is 0 Å². The lowest BCUT2D eigenvalue weighted by Gasteiger charge is -2.08. The molecule has 1 heterocycles. The fraction of sp³-hybridized carbons (Fsp3) is 0.188. The zero-order valence-corrected chi connectivity index (χ0v) is 13.2. The van der Waals surface area contributed by atoms with E-state index in [-0.39, 0.29) is 0 Å². The van der Waals surface area contributed by atoms with Gasteiger partial charge in [-0.05, 0) is 38.5 Å². The van der Waals surface area contributed by atoms with Crippen molar-refractivity contribution in [3.05, 3.63) is 55.9 Å². The molecule has 104 valence electrons. The van der Waals surface area contributed by atoms with Crippen molar-refractivity contribution < 1.29 is 0 Å². The van der Waals surface area contributed by atoms with Crippen LogP contribution in [0.4, 0.5) is 0 Å². The number of aromatic nitrogens is 2. The number of benzene rings is 1. The number of allylic oxidation sites excluding steroid dienone is 2. The summed E-state index contributed by atoms with van der Waals surface area (Å²) in [4.78, 5) is 7.52. The molecule has 4 heteroatoms. The topological polar surface area (TPSA) is 28.7 Å². The van der Waals surface area contributed by atoms with Gasteiger partial charge >= 0.3 is 0 Å². The first-order chi connectivity index (χ1) is 9.40. The van der Waals surface area contributed by atoms with E-state index in [9.17, 15) is 0 Å². The third-order valence-corrected chi connectivity index (χ3v) is 3.81. The predicted molar refractivity (Wildman–Crippen MR) is 87.3 cm³/mol. The summed E-state index contributed by atoms with van der Waals surface area (Å²) in [7, 11) is 0. The first kappa shape index (κ1) is 14.9. The Labute approximate surface area is 128 Å². The summed E-state index contributed by atoms with van der Waals surface area (Å²) in [6.07, 6.45) is 1.98. The molecule has 0 saturated heterocycles. The molecule has 2 aromatic rings. The van der Waals surface area contributed by atoms with Crippen LogP contribution in [0.3, 0.4) is 0 Å². The Kier molecular flexibility index (Phi) is 4.36. The van der Waals surface area contributed by atoms with E-state index >= 15 is 0 Å². The fourth-order valence-corrected chi connectivity index (χ4v) is 2.42. The minimum atomic E-state index is 0.546. The summed E-state index contributed by atoms with van der Waals surface area (Å²) >= 11 is 12.4. The summed E-state index contributed by atoms with van der Waals surface area (Å²) in [5.74, 6) is 0.839. The van der Waals surface area contributed by atoms with Gasteiger partial charge in [0.2, 0.25) is 0 Å². The van der Waals surface area contributed by atoms with Crippen LogP contribution >= 0.6 is 23.2 Å². The second-order valence-electron chi connectivity index (χ2n) is 4.85. The smallest absolute Gasteiger partial charge is 0.104 e. The largest absolute Gasteiger partial charge is 0.343 e.